The van der Waals surface area contributed by atoms with Crippen molar-refractivity contribution in [2.24, 2.45) is 10.2 Å². The van der Waals surface area contributed by atoms with E-state index in [9.17, 15) is 29.4 Å². The van der Waals surface area contributed by atoms with E-state index in [1.54, 1.807) is 18.2 Å². The lowest BCUT2D eigenvalue weighted by molar-refractivity contribution is -0.395. The van der Waals surface area contributed by atoms with Gasteiger partial charge in [-0.3, -0.25) is 25.0 Å². The molecule has 0 atom stereocenters. The van der Waals surface area contributed by atoms with Crippen LogP contribution in [-0.4, -0.2) is 22.3 Å². The van der Waals surface area contributed by atoms with E-state index in [1.165, 1.54) is 6.92 Å². The highest BCUT2D eigenvalue weighted by molar-refractivity contribution is 5.93. The molecule has 0 spiro atoms. The molecule has 12 heteroatoms. The third-order valence-corrected chi connectivity index (χ3v) is 4.96. The fourth-order valence-electron chi connectivity index (χ4n) is 3.30. The van der Waals surface area contributed by atoms with E-state index in [4.69, 9.17) is 0 Å². The largest absolute Gasteiger partial charge is 0.367 e. The van der Waals surface area contributed by atoms with Crippen LogP contribution >= 0.6 is 0 Å². The van der Waals surface area contributed by atoms with Gasteiger partial charge in [0.1, 0.15) is 5.69 Å². The van der Waals surface area contributed by atoms with Gasteiger partial charge in [-0.25, -0.2) is 0 Å². The Morgan fingerprint density at radius 2 is 1.63 bits per heavy atom. The van der Waals surface area contributed by atoms with Gasteiger partial charge in [-0.1, -0.05) is 30.3 Å². The summed E-state index contributed by atoms with van der Waals surface area (Å²) in [5.74, 6) is -1.66. The highest BCUT2D eigenvalue weighted by Crippen LogP contribution is 2.37. The second-order valence-corrected chi connectivity index (χ2v) is 7.39. The number of azo groups is 1. The van der Waals surface area contributed by atoms with Crippen molar-refractivity contribution in [1.82, 2.24) is 0 Å². The van der Waals surface area contributed by atoms with Gasteiger partial charge in [0.05, 0.1) is 21.6 Å². The van der Waals surface area contributed by atoms with Crippen molar-refractivity contribution in [2.75, 3.05) is 16.8 Å². The molecule has 3 aromatic rings. The van der Waals surface area contributed by atoms with Crippen molar-refractivity contribution in [1.29, 1.82) is 0 Å². The van der Waals surface area contributed by atoms with E-state index in [2.05, 4.69) is 20.4 Å². The van der Waals surface area contributed by atoms with Crippen LogP contribution in [0.1, 0.15) is 19.4 Å². The first-order valence-corrected chi connectivity index (χ1v) is 10.4. The second-order valence-electron chi connectivity index (χ2n) is 7.39. The Kier molecular flexibility index (Phi) is 7.77. The number of nitrogens with one attached hydrogen (secondary N) is 1. The number of amides is 1. The lowest BCUT2D eigenvalue weighted by Crippen LogP contribution is -2.22. The first-order chi connectivity index (χ1) is 16.7. The summed E-state index contributed by atoms with van der Waals surface area (Å²) in [4.78, 5) is 34.1. The maximum atomic E-state index is 14.1. The van der Waals surface area contributed by atoms with Crippen molar-refractivity contribution in [3.05, 3.63) is 92.3 Å². The summed E-state index contributed by atoms with van der Waals surface area (Å²) in [7, 11) is 0. The summed E-state index contributed by atoms with van der Waals surface area (Å²) in [6.45, 7) is 4.58. The topological polar surface area (TPSA) is 143 Å². The summed E-state index contributed by atoms with van der Waals surface area (Å²) in [5, 5.41) is 32.6. The molecule has 0 fully saturated rings. The van der Waals surface area contributed by atoms with E-state index in [0.717, 1.165) is 11.3 Å². The average Bonchev–Trinajstić information content (AvgIpc) is 2.81. The molecule has 0 aliphatic carbocycles. The van der Waals surface area contributed by atoms with Crippen LogP contribution in [0, 0.1) is 26.0 Å². The smallest absolute Gasteiger partial charge is 0.311 e. The zero-order valence-corrected chi connectivity index (χ0v) is 18.8. The number of hydrogen-bond donors (Lipinski definition) is 1. The number of hydrogen-bond acceptors (Lipinski definition) is 8. The third-order valence-electron chi connectivity index (χ3n) is 4.96. The first kappa shape index (κ1) is 24.9. The van der Waals surface area contributed by atoms with Gasteiger partial charge in [0.15, 0.2) is 5.69 Å². The molecule has 0 aliphatic heterocycles. The Morgan fingerprint density at radius 1 is 0.971 bits per heavy atom. The molecule has 180 valence electrons. The minimum absolute atomic E-state index is 0.160. The van der Waals surface area contributed by atoms with Gasteiger partial charge in [-0.15, -0.1) is 10.2 Å². The Morgan fingerprint density at radius 3 is 2.23 bits per heavy atom. The Hall–Kier alpha value is -4.74. The van der Waals surface area contributed by atoms with Crippen LogP contribution in [0.25, 0.3) is 0 Å². The molecule has 0 saturated heterocycles. The minimum Gasteiger partial charge on any atom is -0.367 e. The minimum atomic E-state index is -1.29. The summed E-state index contributed by atoms with van der Waals surface area (Å²) in [5.41, 5.74) is -0.00650. The van der Waals surface area contributed by atoms with Crippen molar-refractivity contribution < 1.29 is 19.0 Å². The van der Waals surface area contributed by atoms with Crippen molar-refractivity contribution in [2.45, 2.75) is 20.4 Å². The van der Waals surface area contributed by atoms with Gasteiger partial charge in [0.25, 0.3) is 0 Å². The fraction of sp³-hybridized carbons (Fsp3) is 0.174. The van der Waals surface area contributed by atoms with Crippen LogP contribution in [-0.2, 0) is 11.3 Å². The van der Waals surface area contributed by atoms with E-state index >= 15 is 0 Å². The molecule has 35 heavy (non-hydrogen) atoms. The Bertz CT molecular complexity index is 1300. The van der Waals surface area contributed by atoms with Crippen LogP contribution in [0.4, 0.5) is 38.5 Å². The van der Waals surface area contributed by atoms with Crippen LogP contribution in [0.15, 0.2) is 70.9 Å². The van der Waals surface area contributed by atoms with Crippen molar-refractivity contribution in [3.8, 4) is 0 Å². The number of nitrogens with zero attached hydrogens (tertiary/aromatic N) is 5. The predicted molar refractivity (Wildman–Crippen MR) is 128 cm³/mol. The lowest BCUT2D eigenvalue weighted by atomic mass is 10.1. The summed E-state index contributed by atoms with van der Waals surface area (Å²) in [6, 6.07) is 15.9. The van der Waals surface area contributed by atoms with Gasteiger partial charge in [-0.2, -0.15) is 4.39 Å². The second kappa shape index (κ2) is 10.9. The molecule has 0 aliphatic rings. The van der Waals surface area contributed by atoms with Crippen molar-refractivity contribution >= 4 is 40.0 Å². The summed E-state index contributed by atoms with van der Waals surface area (Å²) < 4.78 is 14.1. The van der Waals surface area contributed by atoms with Gasteiger partial charge in [-0.05, 0) is 30.7 Å². The summed E-state index contributed by atoms with van der Waals surface area (Å²) >= 11 is 0. The molecule has 0 bridgehead atoms. The number of anilines is 2. The van der Waals surface area contributed by atoms with E-state index in [0.29, 0.717) is 25.2 Å². The van der Waals surface area contributed by atoms with Gasteiger partial charge in [0, 0.05) is 31.8 Å². The maximum Gasteiger partial charge on any atom is 0.311 e. The molecule has 0 radical (unpaired) electrons. The molecule has 1 N–H and O–H groups in total. The quantitative estimate of drug-likeness (QED) is 0.224. The highest BCUT2D eigenvalue weighted by Gasteiger charge is 2.25. The van der Waals surface area contributed by atoms with E-state index in [1.807, 2.05) is 37.3 Å². The zero-order valence-electron chi connectivity index (χ0n) is 18.8. The number of nitro groups is 2. The number of benzene rings is 3. The SMILES string of the molecule is CCN(Cc1ccccc1)c1ccc(N=Nc2cc(F)c([N+](=O)[O-])cc2[N+](=O)[O-])c(NC(C)=O)c1. The highest BCUT2D eigenvalue weighted by atomic mass is 19.1. The molecule has 3 rings (SSSR count). The normalized spacial score (nSPS) is 10.8. The van der Waals surface area contributed by atoms with Gasteiger partial charge < -0.3 is 10.2 Å². The molecule has 0 saturated carbocycles. The van der Waals surface area contributed by atoms with Crippen molar-refractivity contribution in [3.63, 3.8) is 0 Å². The predicted octanol–water partition coefficient (Wildman–Crippen LogP) is 6.04. The van der Waals surface area contributed by atoms with Crippen LogP contribution in [0.5, 0.6) is 0 Å². The molecule has 3 aromatic carbocycles. The molecule has 0 aromatic heterocycles. The van der Waals surface area contributed by atoms with Crippen LogP contribution in [0.2, 0.25) is 0 Å². The zero-order chi connectivity index (χ0) is 25.5. The Labute approximate surface area is 199 Å². The average molecular weight is 480 g/mol. The van der Waals surface area contributed by atoms with E-state index in [-0.39, 0.29) is 17.3 Å². The number of carbonyl (C=O) groups excluding carboxylic acids is 1. The number of halogens is 1. The lowest BCUT2D eigenvalue weighted by Gasteiger charge is -2.24. The maximum absolute atomic E-state index is 14.1. The molecule has 0 unspecified atom stereocenters. The monoisotopic (exact) mass is 480 g/mol. The molecular formula is C23H21FN6O5. The summed E-state index contributed by atoms with van der Waals surface area (Å²) in [6.07, 6.45) is 0. The molecular weight excluding hydrogens is 459 g/mol. The van der Waals surface area contributed by atoms with Crippen LogP contribution in [0.3, 0.4) is 0 Å². The number of rotatable bonds is 9. The van der Waals surface area contributed by atoms with E-state index < -0.39 is 32.7 Å². The fourth-order valence-corrected chi connectivity index (χ4v) is 3.30. The molecule has 0 heterocycles. The van der Waals surface area contributed by atoms with Gasteiger partial charge in [0.2, 0.25) is 11.7 Å². The van der Waals surface area contributed by atoms with Gasteiger partial charge >= 0.3 is 11.4 Å². The first-order valence-electron chi connectivity index (χ1n) is 10.4. The van der Waals surface area contributed by atoms with Crippen LogP contribution < -0.4 is 10.2 Å². The standard InChI is InChI=1S/C23H21FN6O5/c1-3-28(14-16-7-5-4-6-8-16)17-9-10-19(20(11-17)25-15(2)31)26-27-21-12-18(24)22(29(32)33)13-23(21)30(34)35/h4-13H,3,14H2,1-2H3,(H,25,31). The number of carbonyl (C=O) groups is 1. The Balaban J connectivity index is 1.99. The molecule has 11 nitrogen and oxygen atoms in total. The third kappa shape index (κ3) is 6.19. The molecule has 1 amide bonds. The number of nitro benzene ring substituents is 2.